The molecule has 0 heterocycles. The zero-order chi connectivity index (χ0) is 19.9. The number of carbonyl (C=O) groups excluding carboxylic acids is 2. The summed E-state index contributed by atoms with van der Waals surface area (Å²) in [6, 6.07) is 12.2. The van der Waals surface area contributed by atoms with E-state index in [1.807, 2.05) is 6.07 Å². The number of carbonyl (C=O) groups is 2. The zero-order valence-corrected chi connectivity index (χ0v) is 14.7. The molecule has 0 aliphatic heterocycles. The van der Waals surface area contributed by atoms with Crippen LogP contribution in [0.4, 0.5) is 24.5 Å². The van der Waals surface area contributed by atoms with Gasteiger partial charge >= 0.3 is 6.18 Å². The van der Waals surface area contributed by atoms with Crippen LogP contribution in [0.2, 0.25) is 0 Å². The van der Waals surface area contributed by atoms with Gasteiger partial charge in [-0.15, -0.1) is 11.8 Å². The molecule has 5 nitrogen and oxygen atoms in total. The van der Waals surface area contributed by atoms with E-state index in [4.69, 9.17) is 5.26 Å². The smallest absolute Gasteiger partial charge is 0.325 e. The van der Waals surface area contributed by atoms with Gasteiger partial charge in [-0.05, 0) is 36.4 Å². The van der Waals surface area contributed by atoms with Gasteiger partial charge in [-0.25, -0.2) is 0 Å². The number of rotatable bonds is 6. The molecule has 2 aromatic carbocycles. The number of halogens is 3. The number of nitrogens with one attached hydrogen (secondary N) is 2. The fourth-order valence-electron chi connectivity index (χ4n) is 2.10. The van der Waals surface area contributed by atoms with Crippen molar-refractivity contribution in [2.24, 2.45) is 0 Å². The monoisotopic (exact) mass is 393 g/mol. The molecular weight excluding hydrogens is 379 g/mol. The molecule has 0 unspecified atom stereocenters. The van der Waals surface area contributed by atoms with Crippen molar-refractivity contribution >= 4 is 35.0 Å². The van der Waals surface area contributed by atoms with Gasteiger partial charge in [0.25, 0.3) is 5.91 Å². The standard InChI is InChI=1S/C18H14F3N3O2S/c19-18(20,21)13-4-2-6-15(10-13)24-17(26)12-3-1-5-14(9-12)23-16(25)11-27-8-7-22/h1-6,9-10H,8,11H2,(H,23,25)(H,24,26). The second-order valence-electron chi connectivity index (χ2n) is 5.31. The SMILES string of the molecule is N#CCSCC(=O)Nc1cccc(C(=O)Nc2cccc(C(F)(F)F)c2)c1. The normalized spacial score (nSPS) is 10.7. The lowest BCUT2D eigenvalue weighted by Crippen LogP contribution is -2.16. The minimum atomic E-state index is -4.51. The van der Waals surface area contributed by atoms with Crippen LogP contribution >= 0.6 is 11.8 Å². The van der Waals surface area contributed by atoms with E-state index >= 15 is 0 Å². The molecule has 0 saturated heterocycles. The molecular formula is C18H14F3N3O2S. The average Bonchev–Trinajstić information content (AvgIpc) is 2.61. The lowest BCUT2D eigenvalue weighted by molar-refractivity contribution is -0.137. The van der Waals surface area contributed by atoms with Gasteiger partial charge in [-0.2, -0.15) is 18.4 Å². The highest BCUT2D eigenvalue weighted by atomic mass is 32.2. The maximum atomic E-state index is 12.7. The summed E-state index contributed by atoms with van der Waals surface area (Å²) < 4.78 is 38.2. The molecule has 2 rings (SSSR count). The van der Waals surface area contributed by atoms with Crippen molar-refractivity contribution in [3.05, 3.63) is 59.7 Å². The van der Waals surface area contributed by atoms with Crippen molar-refractivity contribution in [3.63, 3.8) is 0 Å². The Bertz CT molecular complexity index is 879. The number of amides is 2. The molecule has 0 aliphatic rings. The lowest BCUT2D eigenvalue weighted by atomic mass is 10.1. The Kier molecular flexibility index (Phi) is 6.85. The van der Waals surface area contributed by atoms with E-state index in [1.54, 1.807) is 12.1 Å². The van der Waals surface area contributed by atoms with E-state index in [2.05, 4.69) is 10.6 Å². The number of hydrogen-bond donors (Lipinski definition) is 2. The first-order valence-corrected chi connectivity index (χ1v) is 8.78. The molecule has 0 radical (unpaired) electrons. The van der Waals surface area contributed by atoms with Crippen molar-refractivity contribution in [2.45, 2.75) is 6.18 Å². The molecule has 9 heteroatoms. The van der Waals surface area contributed by atoms with Crippen LogP contribution in [0.1, 0.15) is 15.9 Å². The number of anilines is 2. The lowest BCUT2D eigenvalue weighted by Gasteiger charge is -2.11. The minimum absolute atomic E-state index is 0.0113. The van der Waals surface area contributed by atoms with Crippen LogP contribution in [0.5, 0.6) is 0 Å². The maximum absolute atomic E-state index is 12.7. The van der Waals surface area contributed by atoms with Crippen LogP contribution in [0.3, 0.4) is 0 Å². The molecule has 27 heavy (non-hydrogen) atoms. The highest BCUT2D eigenvalue weighted by Gasteiger charge is 2.30. The molecule has 0 spiro atoms. The van der Waals surface area contributed by atoms with Gasteiger partial charge < -0.3 is 10.6 Å². The van der Waals surface area contributed by atoms with Gasteiger partial charge in [-0.1, -0.05) is 12.1 Å². The zero-order valence-electron chi connectivity index (χ0n) is 13.8. The highest BCUT2D eigenvalue weighted by Crippen LogP contribution is 2.30. The van der Waals surface area contributed by atoms with E-state index in [0.717, 1.165) is 23.9 Å². The fraction of sp³-hybridized carbons (Fsp3) is 0.167. The van der Waals surface area contributed by atoms with Crippen molar-refractivity contribution in [1.29, 1.82) is 5.26 Å². The maximum Gasteiger partial charge on any atom is 0.416 e. The van der Waals surface area contributed by atoms with Crippen molar-refractivity contribution in [1.82, 2.24) is 0 Å². The first-order valence-electron chi connectivity index (χ1n) is 7.63. The molecule has 140 valence electrons. The summed E-state index contributed by atoms with van der Waals surface area (Å²) in [5, 5.41) is 13.4. The van der Waals surface area contributed by atoms with Crippen LogP contribution in [-0.4, -0.2) is 23.3 Å². The molecule has 0 atom stereocenters. The van der Waals surface area contributed by atoms with Crippen LogP contribution in [0.25, 0.3) is 0 Å². The van der Waals surface area contributed by atoms with Crippen molar-refractivity contribution in [3.8, 4) is 6.07 Å². The number of nitriles is 1. The van der Waals surface area contributed by atoms with Gasteiger partial charge in [0.05, 0.1) is 23.1 Å². The molecule has 2 amide bonds. The Balaban J connectivity index is 2.05. The number of alkyl halides is 3. The minimum Gasteiger partial charge on any atom is -0.325 e. The molecule has 0 aliphatic carbocycles. The third-order valence-corrected chi connectivity index (χ3v) is 4.06. The van der Waals surface area contributed by atoms with Crippen LogP contribution in [-0.2, 0) is 11.0 Å². The van der Waals surface area contributed by atoms with Crippen LogP contribution < -0.4 is 10.6 Å². The largest absolute Gasteiger partial charge is 0.416 e. The van der Waals surface area contributed by atoms with Crippen LogP contribution in [0.15, 0.2) is 48.5 Å². The second kappa shape index (κ2) is 9.09. The first kappa shape index (κ1) is 20.3. The van der Waals surface area contributed by atoms with Gasteiger partial charge in [-0.3, -0.25) is 9.59 Å². The molecule has 0 saturated carbocycles. The molecule has 0 bridgehead atoms. The molecule has 0 aromatic heterocycles. The summed E-state index contributed by atoms with van der Waals surface area (Å²) in [5.74, 6) is -0.656. The second-order valence-corrected chi connectivity index (χ2v) is 6.30. The predicted molar refractivity (Wildman–Crippen MR) is 97.4 cm³/mol. The van der Waals surface area contributed by atoms with Gasteiger partial charge in [0.1, 0.15) is 0 Å². The van der Waals surface area contributed by atoms with E-state index in [1.165, 1.54) is 24.3 Å². The van der Waals surface area contributed by atoms with Crippen molar-refractivity contribution < 1.29 is 22.8 Å². The molecule has 2 aromatic rings. The highest BCUT2D eigenvalue weighted by molar-refractivity contribution is 8.00. The number of nitrogens with zero attached hydrogens (tertiary/aromatic N) is 1. The summed E-state index contributed by atoms with van der Waals surface area (Å²) in [6.45, 7) is 0. The number of thioether (sulfide) groups is 1. The van der Waals surface area contributed by atoms with E-state index in [-0.39, 0.29) is 28.7 Å². The quantitative estimate of drug-likeness (QED) is 0.723. The predicted octanol–water partition coefficient (Wildman–Crippen LogP) is 4.15. The fourth-order valence-corrected chi connectivity index (χ4v) is 2.55. The Hall–Kier alpha value is -2.99. The van der Waals surface area contributed by atoms with Gasteiger partial charge in [0.2, 0.25) is 5.91 Å². The van der Waals surface area contributed by atoms with Gasteiger partial charge in [0.15, 0.2) is 0 Å². The van der Waals surface area contributed by atoms with E-state index in [0.29, 0.717) is 5.69 Å². The summed E-state index contributed by atoms with van der Waals surface area (Å²) in [5.41, 5.74) is -0.308. The third kappa shape index (κ3) is 6.34. The molecule has 2 N–H and O–H groups in total. The Morgan fingerprint density at radius 2 is 1.70 bits per heavy atom. The summed E-state index contributed by atoms with van der Waals surface area (Å²) in [4.78, 5) is 24.0. The average molecular weight is 393 g/mol. The van der Waals surface area contributed by atoms with E-state index < -0.39 is 17.6 Å². The Morgan fingerprint density at radius 1 is 1.04 bits per heavy atom. The van der Waals surface area contributed by atoms with Crippen LogP contribution in [0, 0.1) is 11.3 Å². The van der Waals surface area contributed by atoms with Crippen molar-refractivity contribution in [2.75, 3.05) is 22.1 Å². The number of hydrogen-bond acceptors (Lipinski definition) is 4. The van der Waals surface area contributed by atoms with Gasteiger partial charge in [0, 0.05) is 16.9 Å². The first-order chi connectivity index (χ1) is 12.8. The Labute approximate surface area is 157 Å². The number of benzene rings is 2. The Morgan fingerprint density at radius 3 is 2.37 bits per heavy atom. The summed E-state index contributed by atoms with van der Waals surface area (Å²) >= 11 is 1.15. The third-order valence-electron chi connectivity index (χ3n) is 3.26. The topological polar surface area (TPSA) is 82.0 Å². The summed E-state index contributed by atoms with van der Waals surface area (Å²) in [6.07, 6.45) is -4.51. The molecule has 0 fully saturated rings. The van der Waals surface area contributed by atoms with E-state index in [9.17, 15) is 22.8 Å². The summed E-state index contributed by atoms with van der Waals surface area (Å²) in [7, 11) is 0.